The molecule has 0 saturated heterocycles. The topological polar surface area (TPSA) is 46.2 Å². The van der Waals surface area contributed by atoms with Gasteiger partial charge in [0.25, 0.3) is 0 Å². The second-order valence-corrected chi connectivity index (χ2v) is 8.30. The van der Waals surface area contributed by atoms with Gasteiger partial charge >= 0.3 is 0 Å². The summed E-state index contributed by atoms with van der Waals surface area (Å²) in [5, 5.41) is 0. The SMILES string of the molecule is CC(C)(CCCCl)CNS(=O)(=O)c1cccc(Br)c1. The van der Waals surface area contributed by atoms with E-state index in [-0.39, 0.29) is 10.3 Å². The first-order valence-electron chi connectivity index (χ1n) is 6.08. The molecule has 0 radical (unpaired) electrons. The van der Waals surface area contributed by atoms with Crippen molar-refractivity contribution >= 4 is 37.6 Å². The lowest BCUT2D eigenvalue weighted by atomic mass is 9.88. The third-order valence-electron chi connectivity index (χ3n) is 2.83. The summed E-state index contributed by atoms with van der Waals surface area (Å²) in [5.74, 6) is 0.599. The third-order valence-corrected chi connectivity index (χ3v) is 4.99. The standard InChI is InChI=1S/C13H19BrClNO2S/c1-13(2,7-4-8-15)10-16-19(17,18)12-6-3-5-11(14)9-12/h3,5-6,9,16H,4,7-8,10H2,1-2H3. The molecule has 1 aromatic rings. The Kier molecular flexibility index (Phi) is 6.30. The van der Waals surface area contributed by atoms with Crippen LogP contribution in [0.5, 0.6) is 0 Å². The number of nitrogens with one attached hydrogen (secondary N) is 1. The summed E-state index contributed by atoms with van der Waals surface area (Å²) < 4.78 is 27.7. The van der Waals surface area contributed by atoms with Crippen molar-refractivity contribution in [3.63, 3.8) is 0 Å². The molecular formula is C13H19BrClNO2S. The van der Waals surface area contributed by atoms with Crippen molar-refractivity contribution in [2.45, 2.75) is 31.6 Å². The van der Waals surface area contributed by atoms with Crippen LogP contribution in [0.1, 0.15) is 26.7 Å². The van der Waals surface area contributed by atoms with Gasteiger partial charge in [-0.2, -0.15) is 0 Å². The molecule has 0 atom stereocenters. The van der Waals surface area contributed by atoms with Crippen LogP contribution in [0.4, 0.5) is 0 Å². The summed E-state index contributed by atoms with van der Waals surface area (Å²) in [5.41, 5.74) is -0.103. The van der Waals surface area contributed by atoms with Crippen LogP contribution in [0.25, 0.3) is 0 Å². The highest BCUT2D eigenvalue weighted by Crippen LogP contribution is 2.23. The van der Waals surface area contributed by atoms with E-state index in [0.717, 1.165) is 17.3 Å². The molecule has 3 nitrogen and oxygen atoms in total. The highest BCUT2D eigenvalue weighted by atomic mass is 79.9. The van der Waals surface area contributed by atoms with Crippen LogP contribution in [0, 0.1) is 5.41 Å². The molecule has 0 aliphatic carbocycles. The van der Waals surface area contributed by atoms with E-state index in [4.69, 9.17) is 11.6 Å². The van der Waals surface area contributed by atoms with E-state index in [2.05, 4.69) is 20.7 Å². The number of alkyl halides is 1. The maximum atomic E-state index is 12.1. The molecule has 0 aliphatic rings. The van der Waals surface area contributed by atoms with E-state index in [1.807, 2.05) is 13.8 Å². The lowest BCUT2D eigenvalue weighted by molar-refractivity contribution is 0.331. The highest BCUT2D eigenvalue weighted by molar-refractivity contribution is 9.10. The molecule has 0 amide bonds. The summed E-state index contributed by atoms with van der Waals surface area (Å²) >= 11 is 8.94. The van der Waals surface area contributed by atoms with Crippen molar-refractivity contribution in [1.29, 1.82) is 0 Å². The average Bonchev–Trinajstić information content (AvgIpc) is 2.34. The van der Waals surface area contributed by atoms with Gasteiger partial charge in [-0.15, -0.1) is 11.6 Å². The van der Waals surface area contributed by atoms with Crippen LogP contribution in [-0.2, 0) is 10.0 Å². The molecule has 0 saturated carbocycles. The number of sulfonamides is 1. The largest absolute Gasteiger partial charge is 0.240 e. The minimum Gasteiger partial charge on any atom is -0.211 e. The van der Waals surface area contributed by atoms with Crippen molar-refractivity contribution in [2.75, 3.05) is 12.4 Å². The van der Waals surface area contributed by atoms with Crippen LogP contribution in [0.2, 0.25) is 0 Å². The quantitative estimate of drug-likeness (QED) is 0.745. The zero-order valence-corrected chi connectivity index (χ0v) is 14.3. The zero-order valence-electron chi connectivity index (χ0n) is 11.1. The molecule has 0 heterocycles. The maximum Gasteiger partial charge on any atom is 0.240 e. The first kappa shape index (κ1) is 17.0. The molecule has 19 heavy (non-hydrogen) atoms. The molecule has 108 valence electrons. The Hall–Kier alpha value is -0.100. The minimum absolute atomic E-state index is 0.103. The van der Waals surface area contributed by atoms with E-state index < -0.39 is 10.0 Å². The van der Waals surface area contributed by atoms with E-state index in [0.29, 0.717) is 12.4 Å². The fraction of sp³-hybridized carbons (Fsp3) is 0.538. The van der Waals surface area contributed by atoms with Crippen molar-refractivity contribution in [3.05, 3.63) is 28.7 Å². The normalized spacial score (nSPS) is 12.6. The van der Waals surface area contributed by atoms with Gasteiger partial charge in [0.15, 0.2) is 0 Å². The van der Waals surface area contributed by atoms with Gasteiger partial charge in [-0.3, -0.25) is 0 Å². The lowest BCUT2D eigenvalue weighted by Gasteiger charge is -2.24. The van der Waals surface area contributed by atoms with Crippen molar-refractivity contribution in [2.24, 2.45) is 5.41 Å². The molecular weight excluding hydrogens is 350 g/mol. The first-order chi connectivity index (χ1) is 8.77. The highest BCUT2D eigenvalue weighted by Gasteiger charge is 2.22. The molecule has 0 aromatic heterocycles. The van der Waals surface area contributed by atoms with E-state index in [9.17, 15) is 8.42 Å². The maximum absolute atomic E-state index is 12.1. The number of halogens is 2. The van der Waals surface area contributed by atoms with E-state index in [1.165, 1.54) is 0 Å². The molecule has 0 aliphatic heterocycles. The fourth-order valence-corrected chi connectivity index (χ4v) is 3.61. The summed E-state index contributed by atoms with van der Waals surface area (Å²) in [6.45, 7) is 4.46. The van der Waals surface area contributed by atoms with Crippen LogP contribution in [-0.4, -0.2) is 20.8 Å². The third kappa shape index (κ3) is 5.81. The number of hydrogen-bond acceptors (Lipinski definition) is 2. The van der Waals surface area contributed by atoms with Crippen LogP contribution >= 0.6 is 27.5 Å². The Morgan fingerprint density at radius 1 is 1.37 bits per heavy atom. The zero-order chi connectivity index (χ0) is 14.5. The summed E-state index contributed by atoms with van der Waals surface area (Å²) in [6, 6.07) is 6.67. The van der Waals surface area contributed by atoms with Gasteiger partial charge in [0.05, 0.1) is 4.90 Å². The van der Waals surface area contributed by atoms with Gasteiger partial charge in [-0.25, -0.2) is 13.1 Å². The lowest BCUT2D eigenvalue weighted by Crippen LogP contribution is -2.34. The van der Waals surface area contributed by atoms with Gasteiger partial charge in [0.2, 0.25) is 10.0 Å². The Morgan fingerprint density at radius 2 is 2.05 bits per heavy atom. The monoisotopic (exact) mass is 367 g/mol. The first-order valence-corrected chi connectivity index (χ1v) is 8.89. The Labute approximate surface area is 128 Å². The summed E-state index contributed by atoms with van der Waals surface area (Å²) in [6.07, 6.45) is 1.77. The van der Waals surface area contributed by atoms with Gasteiger partial charge in [0, 0.05) is 16.9 Å². The van der Waals surface area contributed by atoms with Crippen molar-refractivity contribution in [1.82, 2.24) is 4.72 Å². The van der Waals surface area contributed by atoms with Crippen LogP contribution in [0.3, 0.4) is 0 Å². The summed E-state index contributed by atoms with van der Waals surface area (Å²) in [4.78, 5) is 0.273. The van der Waals surface area contributed by atoms with Gasteiger partial charge in [0.1, 0.15) is 0 Å². The Balaban J connectivity index is 2.71. The Bertz CT molecular complexity index is 517. The van der Waals surface area contributed by atoms with Crippen LogP contribution in [0.15, 0.2) is 33.6 Å². The van der Waals surface area contributed by atoms with Crippen LogP contribution < -0.4 is 4.72 Å². The fourth-order valence-electron chi connectivity index (χ4n) is 1.64. The molecule has 0 bridgehead atoms. The molecule has 0 spiro atoms. The van der Waals surface area contributed by atoms with Crippen molar-refractivity contribution < 1.29 is 8.42 Å². The molecule has 1 rings (SSSR count). The van der Waals surface area contributed by atoms with Crippen molar-refractivity contribution in [3.8, 4) is 0 Å². The van der Waals surface area contributed by atoms with E-state index in [1.54, 1.807) is 24.3 Å². The van der Waals surface area contributed by atoms with Gasteiger partial charge < -0.3 is 0 Å². The average molecular weight is 369 g/mol. The van der Waals surface area contributed by atoms with Gasteiger partial charge in [-0.1, -0.05) is 35.8 Å². The second-order valence-electron chi connectivity index (χ2n) is 5.24. The molecule has 0 unspecified atom stereocenters. The minimum atomic E-state index is -3.45. The second kappa shape index (κ2) is 7.07. The molecule has 1 N–H and O–H groups in total. The Morgan fingerprint density at radius 3 is 2.63 bits per heavy atom. The number of rotatable bonds is 7. The molecule has 6 heteroatoms. The summed E-state index contributed by atoms with van der Waals surface area (Å²) in [7, 11) is -3.45. The molecule has 1 aromatic carbocycles. The number of benzene rings is 1. The number of hydrogen-bond donors (Lipinski definition) is 1. The smallest absolute Gasteiger partial charge is 0.211 e. The van der Waals surface area contributed by atoms with Gasteiger partial charge in [-0.05, 0) is 36.5 Å². The predicted octanol–water partition coefficient (Wildman–Crippen LogP) is 3.77. The van der Waals surface area contributed by atoms with E-state index >= 15 is 0 Å². The molecule has 0 fully saturated rings. The predicted molar refractivity (Wildman–Crippen MR) is 83.1 cm³/mol.